The number of hydrogen-bond donors (Lipinski definition) is 1. The summed E-state index contributed by atoms with van der Waals surface area (Å²) < 4.78 is 0. The molecule has 0 spiro atoms. The van der Waals surface area contributed by atoms with Crippen LogP contribution in [-0.2, 0) is 0 Å². The lowest BCUT2D eigenvalue weighted by Crippen LogP contribution is -2.21. The minimum atomic E-state index is 0.710. The Morgan fingerprint density at radius 1 is 1.54 bits per heavy atom. The van der Waals surface area contributed by atoms with Gasteiger partial charge in [-0.05, 0) is 18.4 Å². The topological polar surface area (TPSA) is 42.1 Å². The molecule has 0 atom stereocenters. The van der Waals surface area contributed by atoms with Crippen molar-refractivity contribution in [3.63, 3.8) is 0 Å². The van der Waals surface area contributed by atoms with E-state index in [0.717, 1.165) is 18.1 Å². The fraction of sp³-hybridized carbons (Fsp3) is 0.444. The van der Waals surface area contributed by atoms with Crippen LogP contribution in [0.1, 0.15) is 0 Å². The minimum Gasteiger partial charge on any atom is -0.397 e. The number of rotatable bonds is 4. The lowest BCUT2D eigenvalue weighted by molar-refractivity contribution is 0.947. The molecule has 1 aromatic rings. The second-order valence-corrected chi connectivity index (χ2v) is 3.85. The molecule has 1 heterocycles. The van der Waals surface area contributed by atoms with Crippen LogP contribution in [0.4, 0.5) is 11.5 Å². The van der Waals surface area contributed by atoms with Crippen LogP contribution in [0.5, 0.6) is 0 Å². The first-order valence-corrected chi connectivity index (χ1v) is 5.55. The fourth-order valence-electron chi connectivity index (χ4n) is 0.966. The molecule has 0 radical (unpaired) electrons. The molecule has 2 N–H and O–H groups in total. The van der Waals surface area contributed by atoms with E-state index in [0.29, 0.717) is 5.69 Å². The van der Waals surface area contributed by atoms with E-state index in [4.69, 9.17) is 5.73 Å². The Kier molecular flexibility index (Phi) is 3.89. The summed E-state index contributed by atoms with van der Waals surface area (Å²) in [5, 5.41) is 0. The zero-order chi connectivity index (χ0) is 9.68. The number of anilines is 2. The standard InChI is InChI=1S/C9H15N3S/c1-12(5-6-13-2)9-4-3-8(10)7-11-9/h3-4,7H,5-6,10H2,1-2H3. The van der Waals surface area contributed by atoms with Crippen molar-refractivity contribution in [1.82, 2.24) is 4.98 Å². The average molecular weight is 197 g/mol. The van der Waals surface area contributed by atoms with Crippen molar-refractivity contribution >= 4 is 23.3 Å². The van der Waals surface area contributed by atoms with Gasteiger partial charge in [0.2, 0.25) is 0 Å². The molecule has 0 saturated carbocycles. The highest BCUT2D eigenvalue weighted by atomic mass is 32.2. The first-order chi connectivity index (χ1) is 6.24. The summed E-state index contributed by atoms with van der Waals surface area (Å²) >= 11 is 1.83. The van der Waals surface area contributed by atoms with Crippen LogP contribution in [-0.4, -0.2) is 30.6 Å². The monoisotopic (exact) mass is 197 g/mol. The van der Waals surface area contributed by atoms with E-state index in [1.807, 2.05) is 30.9 Å². The molecule has 0 unspecified atom stereocenters. The average Bonchev–Trinajstić information content (AvgIpc) is 2.15. The molecule has 0 fully saturated rings. The number of hydrogen-bond acceptors (Lipinski definition) is 4. The van der Waals surface area contributed by atoms with E-state index in [-0.39, 0.29) is 0 Å². The van der Waals surface area contributed by atoms with E-state index in [1.54, 1.807) is 6.20 Å². The minimum absolute atomic E-state index is 0.710. The molecule has 0 amide bonds. The van der Waals surface area contributed by atoms with Gasteiger partial charge in [-0.25, -0.2) is 4.98 Å². The maximum absolute atomic E-state index is 5.54. The molecule has 1 rings (SSSR count). The van der Waals surface area contributed by atoms with E-state index in [1.165, 1.54) is 0 Å². The molecule has 4 heteroatoms. The van der Waals surface area contributed by atoms with Crippen LogP contribution >= 0.6 is 11.8 Å². The molecule has 0 aliphatic heterocycles. The van der Waals surface area contributed by atoms with Gasteiger partial charge in [-0.2, -0.15) is 11.8 Å². The van der Waals surface area contributed by atoms with E-state index < -0.39 is 0 Å². The number of aromatic nitrogens is 1. The Morgan fingerprint density at radius 3 is 2.85 bits per heavy atom. The molecule has 72 valence electrons. The molecule has 0 aromatic carbocycles. The van der Waals surface area contributed by atoms with Crippen molar-refractivity contribution < 1.29 is 0 Å². The number of nitrogen functional groups attached to an aromatic ring is 1. The highest BCUT2D eigenvalue weighted by molar-refractivity contribution is 7.98. The third kappa shape index (κ3) is 3.14. The van der Waals surface area contributed by atoms with Crippen LogP contribution in [0.25, 0.3) is 0 Å². The van der Waals surface area contributed by atoms with Crippen molar-refractivity contribution in [2.75, 3.05) is 36.2 Å². The van der Waals surface area contributed by atoms with Crippen LogP contribution in [0, 0.1) is 0 Å². The predicted octanol–water partition coefficient (Wildman–Crippen LogP) is 1.46. The lowest BCUT2D eigenvalue weighted by Gasteiger charge is -2.17. The SMILES string of the molecule is CSCCN(C)c1ccc(N)cn1. The molecule has 13 heavy (non-hydrogen) atoms. The molecule has 3 nitrogen and oxygen atoms in total. The zero-order valence-electron chi connectivity index (χ0n) is 8.03. The molecular weight excluding hydrogens is 182 g/mol. The Bertz CT molecular complexity index is 248. The highest BCUT2D eigenvalue weighted by Crippen LogP contribution is 2.10. The number of pyridine rings is 1. The van der Waals surface area contributed by atoms with Gasteiger partial charge in [0.25, 0.3) is 0 Å². The predicted molar refractivity (Wildman–Crippen MR) is 60.3 cm³/mol. The Balaban J connectivity index is 2.55. The second kappa shape index (κ2) is 4.97. The van der Waals surface area contributed by atoms with Gasteiger partial charge in [0.15, 0.2) is 0 Å². The Hall–Kier alpha value is -0.900. The van der Waals surface area contributed by atoms with Crippen molar-refractivity contribution in [3.8, 4) is 0 Å². The van der Waals surface area contributed by atoms with Crippen molar-refractivity contribution in [3.05, 3.63) is 18.3 Å². The maximum atomic E-state index is 5.54. The first kappa shape index (κ1) is 10.2. The summed E-state index contributed by atoms with van der Waals surface area (Å²) in [6, 6.07) is 3.81. The van der Waals surface area contributed by atoms with Crippen LogP contribution in [0.3, 0.4) is 0 Å². The zero-order valence-corrected chi connectivity index (χ0v) is 8.84. The van der Waals surface area contributed by atoms with E-state index in [2.05, 4.69) is 16.1 Å². The van der Waals surface area contributed by atoms with Gasteiger partial charge in [0, 0.05) is 19.3 Å². The van der Waals surface area contributed by atoms with E-state index >= 15 is 0 Å². The Morgan fingerprint density at radius 2 is 2.31 bits per heavy atom. The molecule has 1 aromatic heterocycles. The van der Waals surface area contributed by atoms with Crippen molar-refractivity contribution in [2.45, 2.75) is 0 Å². The first-order valence-electron chi connectivity index (χ1n) is 4.15. The third-order valence-corrected chi connectivity index (χ3v) is 2.38. The summed E-state index contributed by atoms with van der Waals surface area (Å²) in [6.07, 6.45) is 3.79. The lowest BCUT2D eigenvalue weighted by atomic mass is 10.4. The molecule has 0 aliphatic rings. The third-order valence-electron chi connectivity index (χ3n) is 1.79. The van der Waals surface area contributed by atoms with Crippen LogP contribution in [0.15, 0.2) is 18.3 Å². The van der Waals surface area contributed by atoms with Crippen LogP contribution < -0.4 is 10.6 Å². The van der Waals surface area contributed by atoms with Gasteiger partial charge in [-0.1, -0.05) is 0 Å². The Labute approximate surface area is 83.3 Å². The van der Waals surface area contributed by atoms with Gasteiger partial charge in [-0.3, -0.25) is 0 Å². The molecule has 0 saturated heterocycles. The van der Waals surface area contributed by atoms with E-state index in [9.17, 15) is 0 Å². The largest absolute Gasteiger partial charge is 0.397 e. The number of thioether (sulfide) groups is 1. The van der Waals surface area contributed by atoms with Crippen molar-refractivity contribution in [1.29, 1.82) is 0 Å². The normalized spacial score (nSPS) is 10.0. The summed E-state index contributed by atoms with van der Waals surface area (Å²) in [6.45, 7) is 1.01. The second-order valence-electron chi connectivity index (χ2n) is 2.86. The van der Waals surface area contributed by atoms with Gasteiger partial charge in [0.1, 0.15) is 5.82 Å². The molecule has 0 bridgehead atoms. The smallest absolute Gasteiger partial charge is 0.128 e. The maximum Gasteiger partial charge on any atom is 0.128 e. The van der Waals surface area contributed by atoms with Gasteiger partial charge < -0.3 is 10.6 Å². The fourth-order valence-corrected chi connectivity index (χ4v) is 1.42. The molecular formula is C9H15N3S. The number of nitrogens with zero attached hydrogens (tertiary/aromatic N) is 2. The van der Waals surface area contributed by atoms with Crippen LogP contribution in [0.2, 0.25) is 0 Å². The molecule has 0 aliphatic carbocycles. The van der Waals surface area contributed by atoms with Gasteiger partial charge >= 0.3 is 0 Å². The number of nitrogens with two attached hydrogens (primary N) is 1. The quantitative estimate of drug-likeness (QED) is 0.793. The van der Waals surface area contributed by atoms with Crippen molar-refractivity contribution in [2.24, 2.45) is 0 Å². The summed E-state index contributed by atoms with van der Waals surface area (Å²) in [5.74, 6) is 2.09. The summed E-state index contributed by atoms with van der Waals surface area (Å²) in [4.78, 5) is 6.34. The van der Waals surface area contributed by atoms with Gasteiger partial charge in [0.05, 0.1) is 11.9 Å². The summed E-state index contributed by atoms with van der Waals surface area (Å²) in [7, 11) is 2.04. The van der Waals surface area contributed by atoms with Gasteiger partial charge in [-0.15, -0.1) is 0 Å². The summed E-state index contributed by atoms with van der Waals surface area (Å²) in [5.41, 5.74) is 6.25. The highest BCUT2D eigenvalue weighted by Gasteiger charge is 1.99.